The van der Waals surface area contributed by atoms with Crippen LogP contribution < -0.4 is 0 Å². The third-order valence-corrected chi connectivity index (χ3v) is 3.53. The Labute approximate surface area is 93.0 Å². The lowest BCUT2D eigenvalue weighted by molar-refractivity contribution is -0.128. The first-order valence-electron chi connectivity index (χ1n) is 5.86. The fourth-order valence-electron chi connectivity index (χ4n) is 2.28. The van der Waals surface area contributed by atoms with E-state index < -0.39 is 0 Å². The molecule has 0 aromatic heterocycles. The molecular formula is C13H21NO. The molecule has 15 heavy (non-hydrogen) atoms. The molecule has 0 N–H and O–H groups in total. The lowest BCUT2D eigenvalue weighted by atomic mass is 9.89. The Bertz CT molecular complexity index is 266. The summed E-state index contributed by atoms with van der Waals surface area (Å²) in [6.45, 7) is 7.10. The molecule has 0 bridgehead atoms. The van der Waals surface area contributed by atoms with Crippen molar-refractivity contribution in [2.45, 2.75) is 52.1 Å². The number of piperidine rings is 1. The number of ketones is 1. The number of nitrogens with zero attached hydrogens (tertiary/aromatic N) is 1. The highest BCUT2D eigenvalue weighted by Gasteiger charge is 2.33. The van der Waals surface area contributed by atoms with Crippen LogP contribution in [0.2, 0.25) is 0 Å². The van der Waals surface area contributed by atoms with Crippen LogP contribution in [0.15, 0.2) is 0 Å². The molecular weight excluding hydrogens is 186 g/mol. The van der Waals surface area contributed by atoms with Crippen molar-refractivity contribution >= 4 is 5.78 Å². The van der Waals surface area contributed by atoms with Gasteiger partial charge >= 0.3 is 0 Å². The maximum absolute atomic E-state index is 11.5. The Morgan fingerprint density at radius 2 is 2.27 bits per heavy atom. The molecule has 1 fully saturated rings. The van der Waals surface area contributed by atoms with Crippen molar-refractivity contribution in [3.8, 4) is 12.3 Å². The van der Waals surface area contributed by atoms with Crippen molar-refractivity contribution in [3.05, 3.63) is 0 Å². The minimum absolute atomic E-state index is 0.131. The van der Waals surface area contributed by atoms with Crippen molar-refractivity contribution in [1.29, 1.82) is 0 Å². The van der Waals surface area contributed by atoms with E-state index in [4.69, 9.17) is 6.42 Å². The summed E-state index contributed by atoms with van der Waals surface area (Å²) in [6, 6.07) is 0.499. The number of hydrogen-bond donors (Lipinski definition) is 0. The molecule has 0 aromatic carbocycles. The third kappa shape index (κ3) is 2.60. The molecule has 1 heterocycles. The molecule has 2 nitrogen and oxygen atoms in total. The average molecular weight is 207 g/mol. The molecule has 1 aliphatic rings. The standard InChI is InChI=1S/C13H21NO/c1-5-7-12(6-2)14-9-8-13(15)10(3)11(14)4/h2,10-12H,5,7-9H2,1,3-4H3. The van der Waals surface area contributed by atoms with Crippen LogP contribution in [0.3, 0.4) is 0 Å². The topological polar surface area (TPSA) is 20.3 Å². The molecule has 0 spiro atoms. The van der Waals surface area contributed by atoms with Gasteiger partial charge in [0.2, 0.25) is 0 Å². The average Bonchev–Trinajstić information content (AvgIpc) is 2.24. The maximum atomic E-state index is 11.5. The van der Waals surface area contributed by atoms with Crippen LogP contribution in [0.25, 0.3) is 0 Å². The van der Waals surface area contributed by atoms with E-state index in [9.17, 15) is 4.79 Å². The first-order valence-corrected chi connectivity index (χ1v) is 5.86. The summed E-state index contributed by atoms with van der Waals surface area (Å²) in [4.78, 5) is 13.9. The molecule has 0 aromatic rings. The Balaban J connectivity index is 2.70. The summed E-state index contributed by atoms with van der Waals surface area (Å²) < 4.78 is 0. The normalized spacial score (nSPS) is 29.9. The number of Topliss-reactive ketones (excluding diaryl/α,β-unsaturated/α-hetero) is 1. The van der Waals surface area contributed by atoms with Crippen LogP contribution in [0.5, 0.6) is 0 Å². The van der Waals surface area contributed by atoms with Gasteiger partial charge in [0.1, 0.15) is 5.78 Å². The predicted molar refractivity (Wildman–Crippen MR) is 62.5 cm³/mol. The molecule has 2 heteroatoms. The van der Waals surface area contributed by atoms with Gasteiger partial charge in [-0.05, 0) is 13.3 Å². The van der Waals surface area contributed by atoms with Gasteiger partial charge in [-0.25, -0.2) is 0 Å². The monoisotopic (exact) mass is 207 g/mol. The predicted octanol–water partition coefficient (Wildman–Crippen LogP) is 2.09. The number of rotatable bonds is 3. The fourth-order valence-corrected chi connectivity index (χ4v) is 2.28. The van der Waals surface area contributed by atoms with Crippen LogP contribution in [0, 0.1) is 18.3 Å². The van der Waals surface area contributed by atoms with E-state index in [0.29, 0.717) is 18.2 Å². The van der Waals surface area contributed by atoms with E-state index >= 15 is 0 Å². The second-order valence-electron chi connectivity index (χ2n) is 4.45. The van der Waals surface area contributed by atoms with Gasteiger partial charge < -0.3 is 0 Å². The highest BCUT2D eigenvalue weighted by Crippen LogP contribution is 2.23. The van der Waals surface area contributed by atoms with Crippen LogP contribution in [0.1, 0.15) is 40.0 Å². The molecule has 0 radical (unpaired) electrons. The van der Waals surface area contributed by atoms with Crippen molar-refractivity contribution in [1.82, 2.24) is 4.90 Å². The van der Waals surface area contributed by atoms with Crippen LogP contribution in [-0.2, 0) is 4.79 Å². The quantitative estimate of drug-likeness (QED) is 0.660. The highest BCUT2D eigenvalue weighted by atomic mass is 16.1. The SMILES string of the molecule is C#CC(CCC)N1CCC(=O)C(C)C1C. The second kappa shape index (κ2) is 5.32. The lowest BCUT2D eigenvalue weighted by Crippen LogP contribution is -2.51. The van der Waals surface area contributed by atoms with Crippen LogP contribution in [0.4, 0.5) is 0 Å². The summed E-state index contributed by atoms with van der Waals surface area (Å²) in [5, 5.41) is 0. The van der Waals surface area contributed by atoms with E-state index in [2.05, 4.69) is 24.7 Å². The number of hydrogen-bond acceptors (Lipinski definition) is 2. The van der Waals surface area contributed by atoms with Gasteiger partial charge in [0.25, 0.3) is 0 Å². The van der Waals surface area contributed by atoms with Crippen molar-refractivity contribution in [2.24, 2.45) is 5.92 Å². The summed E-state index contributed by atoms with van der Waals surface area (Å²) in [5.41, 5.74) is 0. The molecule has 1 saturated heterocycles. The van der Waals surface area contributed by atoms with Gasteiger partial charge in [0, 0.05) is 24.9 Å². The summed E-state index contributed by atoms with van der Waals surface area (Å²) in [6.07, 6.45) is 8.34. The lowest BCUT2D eigenvalue weighted by Gasteiger charge is -2.40. The zero-order valence-electron chi connectivity index (χ0n) is 9.99. The summed E-state index contributed by atoms with van der Waals surface area (Å²) >= 11 is 0. The molecule has 0 aliphatic carbocycles. The van der Waals surface area contributed by atoms with Crippen LogP contribution >= 0.6 is 0 Å². The minimum atomic E-state index is 0.131. The van der Waals surface area contributed by atoms with E-state index in [-0.39, 0.29) is 12.0 Å². The first-order chi connectivity index (χ1) is 7.11. The molecule has 3 atom stereocenters. The molecule has 0 saturated carbocycles. The second-order valence-corrected chi connectivity index (χ2v) is 4.45. The van der Waals surface area contributed by atoms with Gasteiger partial charge in [0.05, 0.1) is 6.04 Å². The zero-order valence-corrected chi connectivity index (χ0v) is 9.99. The summed E-state index contributed by atoms with van der Waals surface area (Å²) in [5.74, 6) is 3.36. The molecule has 1 aliphatic heterocycles. The van der Waals surface area contributed by atoms with Gasteiger partial charge in [-0.1, -0.05) is 26.2 Å². The Morgan fingerprint density at radius 3 is 2.80 bits per heavy atom. The Hall–Kier alpha value is -0.810. The number of terminal acetylenes is 1. The van der Waals surface area contributed by atoms with E-state index in [0.717, 1.165) is 19.4 Å². The molecule has 84 valence electrons. The van der Waals surface area contributed by atoms with Gasteiger partial charge in [-0.3, -0.25) is 9.69 Å². The van der Waals surface area contributed by atoms with Gasteiger partial charge in [-0.15, -0.1) is 6.42 Å². The molecule has 1 rings (SSSR count). The highest BCUT2D eigenvalue weighted by molar-refractivity contribution is 5.82. The number of likely N-dealkylation sites (tertiary alicyclic amines) is 1. The van der Waals surface area contributed by atoms with Gasteiger partial charge in [0.15, 0.2) is 0 Å². The largest absolute Gasteiger partial charge is 0.299 e. The molecule has 3 unspecified atom stereocenters. The zero-order chi connectivity index (χ0) is 11.4. The van der Waals surface area contributed by atoms with E-state index in [1.807, 2.05) is 6.92 Å². The number of carbonyl (C=O) groups excluding carboxylic acids is 1. The smallest absolute Gasteiger partial charge is 0.138 e. The van der Waals surface area contributed by atoms with Crippen LogP contribution in [-0.4, -0.2) is 29.3 Å². The fraction of sp³-hybridized carbons (Fsp3) is 0.769. The maximum Gasteiger partial charge on any atom is 0.138 e. The van der Waals surface area contributed by atoms with E-state index in [1.165, 1.54) is 0 Å². The van der Waals surface area contributed by atoms with Crippen molar-refractivity contribution < 1.29 is 4.79 Å². The van der Waals surface area contributed by atoms with Crippen molar-refractivity contribution in [3.63, 3.8) is 0 Å². The Kier molecular flexibility index (Phi) is 4.35. The van der Waals surface area contributed by atoms with Gasteiger partial charge in [-0.2, -0.15) is 0 Å². The number of carbonyl (C=O) groups is 1. The Morgan fingerprint density at radius 1 is 1.60 bits per heavy atom. The minimum Gasteiger partial charge on any atom is -0.299 e. The third-order valence-electron chi connectivity index (χ3n) is 3.53. The molecule has 0 amide bonds. The van der Waals surface area contributed by atoms with E-state index in [1.54, 1.807) is 0 Å². The summed E-state index contributed by atoms with van der Waals surface area (Å²) in [7, 11) is 0. The van der Waals surface area contributed by atoms with Crippen molar-refractivity contribution in [2.75, 3.05) is 6.54 Å². The first kappa shape index (κ1) is 12.3.